The van der Waals surface area contributed by atoms with Gasteiger partial charge in [-0.15, -0.1) is 11.3 Å². The highest BCUT2D eigenvalue weighted by Gasteiger charge is 2.26. The Hall–Kier alpha value is -1.13. The molecule has 0 aliphatic carbocycles. The Morgan fingerprint density at radius 2 is 2.21 bits per heavy atom. The van der Waals surface area contributed by atoms with Crippen LogP contribution in [0.15, 0.2) is 36.2 Å². The van der Waals surface area contributed by atoms with Crippen molar-refractivity contribution in [2.45, 2.75) is 46.3 Å². The molecule has 2 atom stereocenters. The lowest BCUT2D eigenvalue weighted by Crippen LogP contribution is -2.44. The van der Waals surface area contributed by atoms with E-state index >= 15 is 0 Å². The maximum atomic E-state index is 4.12. The molecule has 104 valence electrons. The molecule has 0 saturated heterocycles. The number of nitrogens with one attached hydrogen (secondary N) is 1. The summed E-state index contributed by atoms with van der Waals surface area (Å²) in [6, 6.07) is 5.09. The summed E-state index contributed by atoms with van der Waals surface area (Å²) in [5, 5.41) is 5.89. The molecule has 0 aromatic carbocycles. The average Bonchev–Trinajstić information content (AvgIpc) is 2.99. The molecule has 0 saturated carbocycles. The average molecular weight is 277 g/mol. The van der Waals surface area contributed by atoms with Crippen LogP contribution in [0.2, 0.25) is 0 Å². The van der Waals surface area contributed by atoms with Crippen LogP contribution in [0.5, 0.6) is 0 Å². The van der Waals surface area contributed by atoms with Crippen LogP contribution in [0.3, 0.4) is 0 Å². The van der Waals surface area contributed by atoms with Crippen LogP contribution in [0.4, 0.5) is 0 Å². The molecule has 1 N–H and O–H groups in total. The maximum Gasteiger partial charge on any atom is 0.0946 e. The van der Waals surface area contributed by atoms with Gasteiger partial charge in [0.25, 0.3) is 0 Å². The molecule has 2 aromatic rings. The number of aromatic nitrogens is 2. The fraction of sp³-hybridized carbons (Fsp3) is 0.533. The lowest BCUT2D eigenvalue weighted by atomic mass is 9.86. The van der Waals surface area contributed by atoms with E-state index in [1.165, 1.54) is 4.88 Å². The molecule has 3 nitrogen and oxygen atoms in total. The van der Waals surface area contributed by atoms with E-state index in [9.17, 15) is 0 Å². The second-order valence-electron chi connectivity index (χ2n) is 6.08. The van der Waals surface area contributed by atoms with Crippen molar-refractivity contribution in [1.82, 2.24) is 14.9 Å². The van der Waals surface area contributed by atoms with Crippen molar-refractivity contribution >= 4 is 11.3 Å². The fourth-order valence-corrected chi connectivity index (χ4v) is 2.85. The highest BCUT2D eigenvalue weighted by Crippen LogP contribution is 2.25. The van der Waals surface area contributed by atoms with E-state index in [0.29, 0.717) is 12.1 Å². The molecular formula is C15H23N3S. The summed E-state index contributed by atoms with van der Waals surface area (Å²) < 4.78 is 2.14. The minimum atomic E-state index is 0.204. The third kappa shape index (κ3) is 3.91. The predicted octanol–water partition coefficient (Wildman–Crippen LogP) is 3.71. The molecule has 0 spiro atoms. The first kappa shape index (κ1) is 14.3. The van der Waals surface area contributed by atoms with E-state index in [2.05, 4.69) is 60.1 Å². The number of nitrogens with zero attached hydrogens (tertiary/aromatic N) is 2. The van der Waals surface area contributed by atoms with Crippen LogP contribution in [-0.2, 0) is 6.54 Å². The van der Waals surface area contributed by atoms with Crippen molar-refractivity contribution in [3.8, 4) is 0 Å². The van der Waals surface area contributed by atoms with Crippen LogP contribution >= 0.6 is 11.3 Å². The molecule has 0 amide bonds. The van der Waals surface area contributed by atoms with E-state index in [1.54, 1.807) is 0 Å². The Balaban J connectivity index is 2.06. The molecule has 2 aromatic heterocycles. The third-order valence-corrected chi connectivity index (χ3v) is 4.47. The van der Waals surface area contributed by atoms with Crippen molar-refractivity contribution < 1.29 is 0 Å². The Kier molecular flexibility index (Phi) is 4.42. The topological polar surface area (TPSA) is 29.9 Å². The van der Waals surface area contributed by atoms with Gasteiger partial charge < -0.3 is 9.88 Å². The van der Waals surface area contributed by atoms with Gasteiger partial charge in [0.2, 0.25) is 0 Å². The summed E-state index contributed by atoms with van der Waals surface area (Å²) in [4.78, 5) is 5.51. The normalized spacial score (nSPS) is 15.4. The van der Waals surface area contributed by atoms with Gasteiger partial charge >= 0.3 is 0 Å². The summed E-state index contributed by atoms with van der Waals surface area (Å²) in [6.45, 7) is 10.0. The zero-order valence-corrected chi connectivity index (χ0v) is 12.9. The Morgan fingerprint density at radius 1 is 1.42 bits per heavy atom. The number of hydrogen-bond acceptors (Lipinski definition) is 3. The van der Waals surface area contributed by atoms with Crippen molar-refractivity contribution in [2.24, 2.45) is 5.41 Å². The summed E-state index contributed by atoms with van der Waals surface area (Å²) in [7, 11) is 0. The first-order valence-electron chi connectivity index (χ1n) is 6.72. The van der Waals surface area contributed by atoms with E-state index < -0.39 is 0 Å². The molecule has 2 heterocycles. The fourth-order valence-electron chi connectivity index (χ4n) is 2.10. The first-order valence-corrected chi connectivity index (χ1v) is 7.60. The molecule has 2 unspecified atom stereocenters. The van der Waals surface area contributed by atoms with Crippen molar-refractivity contribution in [2.75, 3.05) is 0 Å². The minimum absolute atomic E-state index is 0.204. The van der Waals surface area contributed by atoms with Crippen LogP contribution in [0.1, 0.15) is 38.6 Å². The lowest BCUT2D eigenvalue weighted by Gasteiger charge is -2.34. The predicted molar refractivity (Wildman–Crippen MR) is 81.3 cm³/mol. The third-order valence-electron chi connectivity index (χ3n) is 3.42. The zero-order valence-electron chi connectivity index (χ0n) is 12.1. The largest absolute Gasteiger partial charge is 0.336 e. The van der Waals surface area contributed by atoms with Gasteiger partial charge in [0.1, 0.15) is 0 Å². The molecule has 0 fully saturated rings. The molecule has 0 aliphatic rings. The quantitative estimate of drug-likeness (QED) is 0.903. The standard InChI is InChI=1S/C15H23N3S/c1-12(13-6-5-9-19-13)17-14(15(2,3)4)10-18-8-7-16-11-18/h5-9,11-12,14,17H,10H2,1-4H3. The van der Waals surface area contributed by atoms with Crippen LogP contribution in [0.25, 0.3) is 0 Å². The second-order valence-corrected chi connectivity index (χ2v) is 7.06. The van der Waals surface area contributed by atoms with Crippen molar-refractivity contribution in [3.05, 3.63) is 41.1 Å². The van der Waals surface area contributed by atoms with E-state index in [1.807, 2.05) is 30.1 Å². The van der Waals surface area contributed by atoms with Gasteiger partial charge in [-0.3, -0.25) is 0 Å². The maximum absolute atomic E-state index is 4.12. The molecule has 2 rings (SSSR count). The number of imidazole rings is 1. The van der Waals surface area contributed by atoms with E-state index in [4.69, 9.17) is 0 Å². The van der Waals surface area contributed by atoms with Crippen LogP contribution in [0, 0.1) is 5.41 Å². The highest BCUT2D eigenvalue weighted by molar-refractivity contribution is 7.10. The summed E-state index contributed by atoms with van der Waals surface area (Å²) in [5.74, 6) is 0. The highest BCUT2D eigenvalue weighted by atomic mass is 32.1. The van der Waals surface area contributed by atoms with Gasteiger partial charge in [0.15, 0.2) is 0 Å². The number of hydrogen-bond donors (Lipinski definition) is 1. The molecule has 0 aliphatic heterocycles. The summed E-state index contributed by atoms with van der Waals surface area (Å²) in [6.07, 6.45) is 5.74. The molecule has 0 radical (unpaired) electrons. The summed E-state index contributed by atoms with van der Waals surface area (Å²) >= 11 is 1.81. The van der Waals surface area contributed by atoms with Gasteiger partial charge in [0, 0.05) is 35.9 Å². The first-order chi connectivity index (χ1) is 8.97. The molecular weight excluding hydrogens is 254 g/mol. The molecule has 19 heavy (non-hydrogen) atoms. The van der Waals surface area contributed by atoms with Gasteiger partial charge in [-0.05, 0) is 23.8 Å². The number of thiophene rings is 1. The monoisotopic (exact) mass is 277 g/mol. The number of rotatable bonds is 5. The van der Waals surface area contributed by atoms with Gasteiger partial charge in [-0.2, -0.15) is 0 Å². The Bertz CT molecular complexity index is 468. The lowest BCUT2D eigenvalue weighted by molar-refractivity contribution is 0.226. The van der Waals surface area contributed by atoms with Crippen LogP contribution in [-0.4, -0.2) is 15.6 Å². The smallest absolute Gasteiger partial charge is 0.0946 e. The van der Waals surface area contributed by atoms with Gasteiger partial charge in [-0.1, -0.05) is 26.8 Å². The summed E-state index contributed by atoms with van der Waals surface area (Å²) in [5.41, 5.74) is 0.204. The van der Waals surface area contributed by atoms with Crippen molar-refractivity contribution in [1.29, 1.82) is 0 Å². The Morgan fingerprint density at radius 3 is 2.74 bits per heavy atom. The molecule has 0 bridgehead atoms. The van der Waals surface area contributed by atoms with Gasteiger partial charge in [-0.25, -0.2) is 4.98 Å². The van der Waals surface area contributed by atoms with Crippen molar-refractivity contribution in [3.63, 3.8) is 0 Å². The Labute approximate surface area is 119 Å². The molecule has 4 heteroatoms. The SMILES string of the molecule is CC(NC(Cn1ccnc1)C(C)(C)C)c1cccs1. The minimum Gasteiger partial charge on any atom is -0.336 e. The van der Waals surface area contributed by atoms with Crippen LogP contribution < -0.4 is 5.32 Å². The zero-order chi connectivity index (χ0) is 13.9. The van der Waals surface area contributed by atoms with E-state index in [0.717, 1.165) is 6.54 Å². The second kappa shape index (κ2) is 5.88. The van der Waals surface area contributed by atoms with Gasteiger partial charge in [0.05, 0.1) is 6.33 Å². The van der Waals surface area contributed by atoms with E-state index in [-0.39, 0.29) is 5.41 Å².